The summed E-state index contributed by atoms with van der Waals surface area (Å²) in [4.78, 5) is 13.0. The molecule has 4 aromatic rings. The number of nitrogen functional groups attached to an aromatic ring is 1. The van der Waals surface area contributed by atoms with Crippen LogP contribution in [0.15, 0.2) is 54.6 Å². The number of rotatable bonds is 4. The quantitative estimate of drug-likeness (QED) is 0.573. The summed E-state index contributed by atoms with van der Waals surface area (Å²) in [5, 5.41) is 3.32. The van der Waals surface area contributed by atoms with Gasteiger partial charge in [0, 0.05) is 23.5 Å². The molecule has 4 rings (SSSR count). The number of imidazole rings is 1. The van der Waals surface area contributed by atoms with E-state index in [0.29, 0.717) is 11.3 Å². The third-order valence-corrected chi connectivity index (χ3v) is 4.28. The molecule has 2 heterocycles. The van der Waals surface area contributed by atoms with Crippen molar-refractivity contribution >= 4 is 22.8 Å². The number of nitrogens with two attached hydrogens (primary N) is 1. The van der Waals surface area contributed by atoms with Crippen LogP contribution in [0.4, 0.5) is 16.2 Å². The van der Waals surface area contributed by atoms with E-state index in [9.17, 15) is 4.39 Å². The fraction of sp³-hybridized carbons (Fsp3) is 0.150. The normalized spacial score (nSPS) is 12.3. The van der Waals surface area contributed by atoms with Gasteiger partial charge >= 0.3 is 0 Å². The van der Waals surface area contributed by atoms with E-state index >= 15 is 0 Å². The molecule has 3 N–H and O–H groups in total. The van der Waals surface area contributed by atoms with Gasteiger partial charge in [0.15, 0.2) is 0 Å². The second kappa shape index (κ2) is 6.68. The number of benzene rings is 2. The van der Waals surface area contributed by atoms with Crippen molar-refractivity contribution < 1.29 is 4.39 Å². The molecule has 0 amide bonds. The molecule has 136 valence electrons. The minimum absolute atomic E-state index is 0.200. The zero-order valence-corrected chi connectivity index (χ0v) is 15.0. The summed E-state index contributed by atoms with van der Waals surface area (Å²) in [7, 11) is 0. The van der Waals surface area contributed by atoms with Gasteiger partial charge in [-0.25, -0.2) is 14.4 Å². The van der Waals surface area contributed by atoms with Crippen LogP contribution in [0, 0.1) is 12.7 Å². The molecule has 27 heavy (non-hydrogen) atoms. The molecular formula is C20H19FN6. The van der Waals surface area contributed by atoms with Gasteiger partial charge in [0.25, 0.3) is 0 Å². The first-order chi connectivity index (χ1) is 13.0. The first-order valence-corrected chi connectivity index (χ1v) is 8.62. The van der Waals surface area contributed by atoms with Crippen molar-refractivity contribution in [2.45, 2.75) is 19.9 Å². The average molecular weight is 362 g/mol. The number of para-hydroxylation sites is 1. The van der Waals surface area contributed by atoms with Crippen LogP contribution < -0.4 is 11.1 Å². The van der Waals surface area contributed by atoms with E-state index in [0.717, 1.165) is 22.7 Å². The van der Waals surface area contributed by atoms with Gasteiger partial charge in [-0.2, -0.15) is 4.98 Å². The average Bonchev–Trinajstić information content (AvgIpc) is 3.00. The minimum Gasteiger partial charge on any atom is -0.368 e. The Bertz CT molecular complexity index is 1090. The number of hydrogen-bond donors (Lipinski definition) is 2. The minimum atomic E-state index is -0.300. The second-order valence-electron chi connectivity index (χ2n) is 6.39. The monoisotopic (exact) mass is 362 g/mol. The fourth-order valence-corrected chi connectivity index (χ4v) is 3.16. The number of aryl methyl sites for hydroxylation is 1. The molecule has 1 atom stereocenters. The molecule has 0 radical (unpaired) electrons. The van der Waals surface area contributed by atoms with E-state index in [2.05, 4.69) is 15.3 Å². The van der Waals surface area contributed by atoms with Crippen molar-refractivity contribution in [3.8, 4) is 5.69 Å². The standard InChI is InChI=1S/C20H19FN6/c1-12-10-18(26-20(22)23-12)24-13(2)19-25-16-9-8-14(21)11-17(16)27(19)15-6-4-3-5-7-15/h3-11,13H,1-2H3,(H3,22,23,24,26)/t13-/m0/s1. The highest BCUT2D eigenvalue weighted by Crippen LogP contribution is 2.27. The molecule has 7 heteroatoms. The molecule has 0 aliphatic rings. The highest BCUT2D eigenvalue weighted by Gasteiger charge is 2.19. The third kappa shape index (κ3) is 3.31. The predicted octanol–water partition coefficient (Wildman–Crippen LogP) is 4.02. The van der Waals surface area contributed by atoms with Gasteiger partial charge < -0.3 is 11.1 Å². The Kier molecular flexibility index (Phi) is 4.19. The zero-order valence-electron chi connectivity index (χ0n) is 15.0. The van der Waals surface area contributed by atoms with Crippen LogP contribution in [0.2, 0.25) is 0 Å². The van der Waals surface area contributed by atoms with Gasteiger partial charge in [0.05, 0.1) is 17.1 Å². The van der Waals surface area contributed by atoms with Crippen LogP contribution in [0.25, 0.3) is 16.7 Å². The summed E-state index contributed by atoms with van der Waals surface area (Å²) in [6.07, 6.45) is 0. The lowest BCUT2D eigenvalue weighted by Gasteiger charge is -2.17. The van der Waals surface area contributed by atoms with Crippen LogP contribution in [0.1, 0.15) is 24.5 Å². The molecular weight excluding hydrogens is 343 g/mol. The maximum absolute atomic E-state index is 13.9. The molecule has 0 saturated heterocycles. The van der Waals surface area contributed by atoms with Crippen LogP contribution in [-0.4, -0.2) is 19.5 Å². The van der Waals surface area contributed by atoms with Crippen molar-refractivity contribution in [3.63, 3.8) is 0 Å². The van der Waals surface area contributed by atoms with E-state index in [-0.39, 0.29) is 17.8 Å². The molecule has 0 bridgehead atoms. The van der Waals surface area contributed by atoms with Crippen molar-refractivity contribution in [2.75, 3.05) is 11.1 Å². The van der Waals surface area contributed by atoms with Gasteiger partial charge in [-0.05, 0) is 38.1 Å². The molecule has 2 aromatic carbocycles. The summed E-state index contributed by atoms with van der Waals surface area (Å²) in [5.41, 5.74) is 8.87. The van der Waals surface area contributed by atoms with E-state index < -0.39 is 0 Å². The predicted molar refractivity (Wildman–Crippen MR) is 104 cm³/mol. The van der Waals surface area contributed by atoms with Crippen LogP contribution in [0.5, 0.6) is 0 Å². The van der Waals surface area contributed by atoms with E-state index in [1.165, 1.54) is 12.1 Å². The Morgan fingerprint density at radius 1 is 1.04 bits per heavy atom. The van der Waals surface area contributed by atoms with Crippen molar-refractivity contribution in [3.05, 3.63) is 71.9 Å². The van der Waals surface area contributed by atoms with Crippen molar-refractivity contribution in [1.82, 2.24) is 19.5 Å². The van der Waals surface area contributed by atoms with Crippen molar-refractivity contribution in [1.29, 1.82) is 0 Å². The molecule has 2 aromatic heterocycles. The Hall–Kier alpha value is -3.48. The molecule has 0 spiro atoms. The molecule has 0 unspecified atom stereocenters. The highest BCUT2D eigenvalue weighted by molar-refractivity contribution is 5.78. The van der Waals surface area contributed by atoms with E-state index in [1.807, 2.05) is 54.8 Å². The lowest BCUT2D eigenvalue weighted by Crippen LogP contribution is -2.14. The Balaban J connectivity index is 1.83. The molecule has 0 fully saturated rings. The van der Waals surface area contributed by atoms with Crippen molar-refractivity contribution in [2.24, 2.45) is 0 Å². The Labute approximate surface area is 155 Å². The van der Waals surface area contributed by atoms with Crippen LogP contribution in [-0.2, 0) is 0 Å². The number of fused-ring (bicyclic) bond motifs is 1. The van der Waals surface area contributed by atoms with Gasteiger partial charge in [-0.15, -0.1) is 0 Å². The smallest absolute Gasteiger partial charge is 0.222 e. The Morgan fingerprint density at radius 3 is 2.56 bits per heavy atom. The van der Waals surface area contributed by atoms with Gasteiger partial charge in [0.2, 0.25) is 5.95 Å². The third-order valence-electron chi connectivity index (χ3n) is 4.28. The number of halogens is 1. The number of nitrogens with one attached hydrogen (secondary N) is 1. The number of anilines is 2. The van der Waals surface area contributed by atoms with Gasteiger partial charge in [-0.3, -0.25) is 4.57 Å². The molecule has 0 aliphatic carbocycles. The van der Waals surface area contributed by atoms with E-state index in [1.54, 1.807) is 6.07 Å². The fourth-order valence-electron chi connectivity index (χ4n) is 3.16. The molecule has 6 nitrogen and oxygen atoms in total. The Morgan fingerprint density at radius 2 is 1.81 bits per heavy atom. The highest BCUT2D eigenvalue weighted by atomic mass is 19.1. The molecule has 0 saturated carbocycles. The summed E-state index contributed by atoms with van der Waals surface area (Å²) < 4.78 is 15.8. The number of nitrogens with zero attached hydrogens (tertiary/aromatic N) is 4. The SMILES string of the molecule is Cc1cc(N[C@@H](C)c2nc3ccc(F)cc3n2-c2ccccc2)nc(N)n1. The van der Waals surface area contributed by atoms with E-state index in [4.69, 9.17) is 10.7 Å². The van der Waals surface area contributed by atoms with Gasteiger partial charge in [-0.1, -0.05) is 18.2 Å². The maximum Gasteiger partial charge on any atom is 0.222 e. The molecule has 0 aliphatic heterocycles. The van der Waals surface area contributed by atoms with Gasteiger partial charge in [0.1, 0.15) is 17.5 Å². The lowest BCUT2D eigenvalue weighted by atomic mass is 10.2. The summed E-state index contributed by atoms with van der Waals surface area (Å²) >= 11 is 0. The summed E-state index contributed by atoms with van der Waals surface area (Å²) in [6, 6.07) is 16.0. The summed E-state index contributed by atoms with van der Waals surface area (Å²) in [6.45, 7) is 3.83. The first-order valence-electron chi connectivity index (χ1n) is 8.62. The topological polar surface area (TPSA) is 81.7 Å². The summed E-state index contributed by atoms with van der Waals surface area (Å²) in [5.74, 6) is 1.27. The number of hydrogen-bond acceptors (Lipinski definition) is 5. The van der Waals surface area contributed by atoms with Crippen LogP contribution in [0.3, 0.4) is 0 Å². The number of aromatic nitrogens is 4. The first kappa shape index (κ1) is 17.0. The van der Waals surface area contributed by atoms with Crippen LogP contribution >= 0.6 is 0 Å². The maximum atomic E-state index is 13.9. The lowest BCUT2D eigenvalue weighted by molar-refractivity contribution is 0.629. The largest absolute Gasteiger partial charge is 0.368 e. The second-order valence-corrected chi connectivity index (χ2v) is 6.39. The zero-order chi connectivity index (χ0) is 19.0.